The van der Waals surface area contributed by atoms with E-state index in [0.29, 0.717) is 23.9 Å². The molecule has 1 fully saturated rings. The molecule has 3 aliphatic heterocycles. The zero-order valence-corrected chi connectivity index (χ0v) is 15.9. The fourth-order valence-corrected chi connectivity index (χ4v) is 4.09. The van der Waals surface area contributed by atoms with Crippen molar-refractivity contribution < 1.29 is 0 Å². The second-order valence-electron chi connectivity index (χ2n) is 7.39. The average molecular weight is 342 g/mol. The van der Waals surface area contributed by atoms with E-state index in [-0.39, 0.29) is 0 Å². The number of rotatable bonds is 2. The van der Waals surface area contributed by atoms with Crippen LogP contribution in [0.25, 0.3) is 0 Å². The molecular formula is C20H31N5. The van der Waals surface area contributed by atoms with E-state index in [2.05, 4.69) is 88.9 Å². The lowest BCUT2D eigenvalue weighted by Gasteiger charge is -2.33. The van der Waals surface area contributed by atoms with Crippen LogP contribution in [0, 0.1) is 11.8 Å². The Kier molecular flexibility index (Phi) is 5.74. The van der Waals surface area contributed by atoms with Crippen LogP contribution in [0.3, 0.4) is 0 Å². The van der Waals surface area contributed by atoms with Crippen molar-refractivity contribution >= 4 is 12.4 Å². The van der Waals surface area contributed by atoms with Crippen LogP contribution in [0.4, 0.5) is 0 Å². The molecule has 0 aromatic heterocycles. The summed E-state index contributed by atoms with van der Waals surface area (Å²) in [5, 5.41) is 12.8. The molecule has 25 heavy (non-hydrogen) atoms. The summed E-state index contributed by atoms with van der Waals surface area (Å²) in [4.78, 5) is 2.38. The molecule has 3 heterocycles. The zero-order valence-electron chi connectivity index (χ0n) is 15.9. The minimum Gasteiger partial charge on any atom is -0.306 e. The largest absolute Gasteiger partial charge is 0.306 e. The number of nitrogens with zero attached hydrogens (tertiary/aromatic N) is 5. The molecule has 5 heteroatoms. The van der Waals surface area contributed by atoms with Gasteiger partial charge in [0.2, 0.25) is 0 Å². The average Bonchev–Trinajstić information content (AvgIpc) is 3.18. The number of benzene rings is 1. The van der Waals surface area contributed by atoms with Crippen molar-refractivity contribution in [1.29, 1.82) is 0 Å². The van der Waals surface area contributed by atoms with Crippen molar-refractivity contribution in [2.45, 2.75) is 31.8 Å². The summed E-state index contributed by atoms with van der Waals surface area (Å²) in [6.45, 7) is 4.61. The van der Waals surface area contributed by atoms with E-state index >= 15 is 0 Å². The summed E-state index contributed by atoms with van der Waals surface area (Å²) in [5.41, 5.74) is 1.36. The number of piperidine rings is 1. The van der Waals surface area contributed by atoms with Crippen LogP contribution in [0.2, 0.25) is 0 Å². The first-order chi connectivity index (χ1) is 12.1. The van der Waals surface area contributed by atoms with Gasteiger partial charge in [-0.2, -0.15) is 10.2 Å². The van der Waals surface area contributed by atoms with E-state index in [4.69, 9.17) is 0 Å². The second kappa shape index (κ2) is 8.00. The van der Waals surface area contributed by atoms with Gasteiger partial charge < -0.3 is 4.90 Å². The van der Waals surface area contributed by atoms with E-state index < -0.39 is 0 Å². The molecular weight excluding hydrogens is 310 g/mol. The van der Waals surface area contributed by atoms with E-state index in [9.17, 15) is 0 Å². The first-order valence-corrected chi connectivity index (χ1v) is 9.37. The summed E-state index contributed by atoms with van der Waals surface area (Å²) in [7, 11) is 6.30. The van der Waals surface area contributed by atoms with Gasteiger partial charge in [-0.3, -0.25) is 10.0 Å². The molecule has 0 spiro atoms. The maximum atomic E-state index is 4.35. The molecule has 3 aliphatic rings. The van der Waals surface area contributed by atoms with Gasteiger partial charge in [-0.05, 0) is 32.0 Å². The molecule has 1 aromatic rings. The van der Waals surface area contributed by atoms with Gasteiger partial charge in [0.05, 0.1) is 12.1 Å². The first kappa shape index (κ1) is 17.9. The molecule has 0 aliphatic carbocycles. The molecule has 5 nitrogen and oxygen atoms in total. The highest BCUT2D eigenvalue weighted by atomic mass is 15.5. The number of hydrogen-bond acceptors (Lipinski definition) is 5. The summed E-state index contributed by atoms with van der Waals surface area (Å²) in [6, 6.07) is 11.7. The summed E-state index contributed by atoms with van der Waals surface area (Å²) >= 11 is 0. The minimum atomic E-state index is 0.432. The van der Waals surface area contributed by atoms with E-state index in [1.54, 1.807) is 0 Å². The van der Waals surface area contributed by atoms with Crippen molar-refractivity contribution in [3.05, 3.63) is 35.9 Å². The van der Waals surface area contributed by atoms with Crippen LogP contribution in [-0.4, -0.2) is 67.6 Å². The maximum absolute atomic E-state index is 4.35. The van der Waals surface area contributed by atoms with E-state index in [0.717, 1.165) is 6.42 Å². The molecule has 1 aromatic carbocycles. The van der Waals surface area contributed by atoms with Crippen LogP contribution in [0.5, 0.6) is 0 Å². The molecule has 0 bridgehead atoms. The van der Waals surface area contributed by atoms with Crippen LogP contribution in [-0.2, 0) is 0 Å². The quantitative estimate of drug-likeness (QED) is 0.829. The molecule has 0 saturated carbocycles. The highest BCUT2D eigenvalue weighted by Crippen LogP contribution is 2.32. The number of hydrazone groups is 2. The standard InChI is InChI=1S/C12H16N2.C8H15N3/c1-3-10-9-13-14(2)12(10)11-7-5-4-6-8-11;1-10-4-3-8-7(6-10)5-9-11(8)2/h4-10,12H,3H2,1-2H3;5,7-8H,3-4,6H2,1-2H3. The van der Waals surface area contributed by atoms with Crippen molar-refractivity contribution in [3.63, 3.8) is 0 Å². The first-order valence-electron chi connectivity index (χ1n) is 9.37. The van der Waals surface area contributed by atoms with Gasteiger partial charge in [0.25, 0.3) is 0 Å². The smallest absolute Gasteiger partial charge is 0.0794 e. The van der Waals surface area contributed by atoms with Crippen molar-refractivity contribution in [3.8, 4) is 0 Å². The van der Waals surface area contributed by atoms with Crippen molar-refractivity contribution in [2.24, 2.45) is 22.0 Å². The minimum absolute atomic E-state index is 0.432. The Balaban J connectivity index is 0.000000150. The van der Waals surface area contributed by atoms with Crippen LogP contribution < -0.4 is 0 Å². The molecule has 0 amide bonds. The predicted octanol–water partition coefficient (Wildman–Crippen LogP) is 2.92. The Morgan fingerprint density at radius 3 is 2.44 bits per heavy atom. The SMILES string of the molecule is CCC1C=NN(C)C1c1ccccc1.CN1CCC2C(C=NN2C)C1. The van der Waals surface area contributed by atoms with Gasteiger partial charge in [-0.15, -0.1) is 0 Å². The van der Waals surface area contributed by atoms with Crippen LogP contribution >= 0.6 is 0 Å². The lowest BCUT2D eigenvalue weighted by Crippen LogP contribution is -2.44. The third kappa shape index (κ3) is 4.03. The van der Waals surface area contributed by atoms with Gasteiger partial charge in [-0.1, -0.05) is 37.3 Å². The summed E-state index contributed by atoms with van der Waals surface area (Å²) in [5.74, 6) is 1.24. The van der Waals surface area contributed by atoms with E-state index in [1.165, 1.54) is 25.1 Å². The topological polar surface area (TPSA) is 34.4 Å². The van der Waals surface area contributed by atoms with Crippen molar-refractivity contribution in [2.75, 3.05) is 34.2 Å². The third-order valence-corrected chi connectivity index (χ3v) is 5.60. The Labute approximate surface area is 152 Å². The van der Waals surface area contributed by atoms with E-state index in [1.807, 2.05) is 7.05 Å². The molecule has 136 valence electrons. The predicted molar refractivity (Wildman–Crippen MR) is 105 cm³/mol. The maximum Gasteiger partial charge on any atom is 0.0794 e. The molecule has 4 unspecified atom stereocenters. The zero-order chi connectivity index (χ0) is 17.8. The third-order valence-electron chi connectivity index (χ3n) is 5.60. The monoisotopic (exact) mass is 341 g/mol. The Morgan fingerprint density at radius 2 is 1.72 bits per heavy atom. The van der Waals surface area contributed by atoms with Crippen molar-refractivity contribution in [1.82, 2.24) is 14.9 Å². The van der Waals surface area contributed by atoms with Gasteiger partial charge >= 0.3 is 0 Å². The summed E-state index contributed by atoms with van der Waals surface area (Å²) in [6.07, 6.45) is 6.57. The van der Waals surface area contributed by atoms with Gasteiger partial charge in [0, 0.05) is 44.9 Å². The molecule has 1 saturated heterocycles. The Bertz CT molecular complexity index is 599. The fraction of sp³-hybridized carbons (Fsp3) is 0.600. The number of hydrogen-bond donors (Lipinski definition) is 0. The lowest BCUT2D eigenvalue weighted by atomic mass is 9.93. The molecule has 4 atom stereocenters. The highest BCUT2D eigenvalue weighted by Gasteiger charge is 2.32. The van der Waals surface area contributed by atoms with Crippen LogP contribution in [0.15, 0.2) is 40.5 Å². The van der Waals surface area contributed by atoms with Gasteiger partial charge in [-0.25, -0.2) is 0 Å². The Morgan fingerprint density at radius 1 is 1.00 bits per heavy atom. The van der Waals surface area contributed by atoms with Crippen LogP contribution in [0.1, 0.15) is 31.4 Å². The van der Waals surface area contributed by atoms with Gasteiger partial charge in [0.1, 0.15) is 0 Å². The molecule has 0 N–H and O–H groups in total. The fourth-order valence-electron chi connectivity index (χ4n) is 4.09. The van der Waals surface area contributed by atoms with Gasteiger partial charge in [0.15, 0.2) is 0 Å². The lowest BCUT2D eigenvalue weighted by molar-refractivity contribution is 0.142. The second-order valence-corrected chi connectivity index (χ2v) is 7.39. The molecule has 0 radical (unpaired) electrons. The summed E-state index contributed by atoms with van der Waals surface area (Å²) < 4.78 is 0. The number of likely N-dealkylation sites (tertiary alicyclic amines) is 1. The molecule has 4 rings (SSSR count). The Hall–Kier alpha value is -1.88. The normalized spacial score (nSPS) is 31.0. The number of fused-ring (bicyclic) bond motifs is 1. The highest BCUT2D eigenvalue weighted by molar-refractivity contribution is 5.64.